The summed E-state index contributed by atoms with van der Waals surface area (Å²) in [6.45, 7) is 2.40. The highest BCUT2D eigenvalue weighted by Crippen LogP contribution is 2.20. The van der Waals surface area contributed by atoms with Gasteiger partial charge in [-0.05, 0) is 13.0 Å². The monoisotopic (exact) mass is 245 g/mol. The Balaban J connectivity index is 2.58. The minimum absolute atomic E-state index is 0.0805. The summed E-state index contributed by atoms with van der Waals surface area (Å²) >= 11 is 0. The van der Waals surface area contributed by atoms with Gasteiger partial charge >= 0.3 is 0 Å². The molecule has 0 spiro atoms. The van der Waals surface area contributed by atoms with E-state index in [4.69, 9.17) is 5.11 Å². The first-order valence-corrected chi connectivity index (χ1v) is 6.75. The van der Waals surface area contributed by atoms with Gasteiger partial charge in [-0.15, -0.1) is 0 Å². The number of halogens is 1. The molecule has 0 heterocycles. The molecule has 0 bridgehead atoms. The fraction of sp³-hybridized carbons (Fsp3) is 0.455. The van der Waals surface area contributed by atoms with E-state index in [2.05, 4.69) is 5.32 Å². The Morgan fingerprint density at radius 1 is 1.56 bits per heavy atom. The van der Waals surface area contributed by atoms with Crippen LogP contribution in [-0.4, -0.2) is 27.9 Å². The summed E-state index contributed by atoms with van der Waals surface area (Å²) < 4.78 is 24.3. The maximum absolute atomic E-state index is 13.4. The Labute approximate surface area is 97.1 Å². The summed E-state index contributed by atoms with van der Waals surface area (Å²) in [6, 6.07) is 3.93. The van der Waals surface area contributed by atoms with Crippen molar-refractivity contribution >= 4 is 10.8 Å². The average Bonchev–Trinajstić information content (AvgIpc) is 2.16. The minimum atomic E-state index is -0.844. The fourth-order valence-electron chi connectivity index (χ4n) is 1.40. The lowest BCUT2D eigenvalue weighted by atomic mass is 10.1. The third-order valence-electron chi connectivity index (χ3n) is 2.29. The molecule has 90 valence electrons. The summed E-state index contributed by atoms with van der Waals surface area (Å²) in [5, 5.41) is 12.1. The Morgan fingerprint density at radius 2 is 2.25 bits per heavy atom. The molecule has 5 heteroatoms. The lowest BCUT2D eigenvalue weighted by Gasteiger charge is -2.14. The van der Waals surface area contributed by atoms with Gasteiger partial charge in [0.05, 0.1) is 0 Å². The second-order valence-corrected chi connectivity index (χ2v) is 5.21. The first-order valence-electron chi connectivity index (χ1n) is 5.02. The van der Waals surface area contributed by atoms with Crippen LogP contribution in [0.3, 0.4) is 0 Å². The molecule has 0 fully saturated rings. The first-order chi connectivity index (χ1) is 7.50. The van der Waals surface area contributed by atoms with Gasteiger partial charge in [0.1, 0.15) is 11.6 Å². The van der Waals surface area contributed by atoms with Gasteiger partial charge in [-0.25, -0.2) is 4.39 Å². The molecule has 0 radical (unpaired) electrons. The van der Waals surface area contributed by atoms with Gasteiger partial charge in [0.15, 0.2) is 0 Å². The molecule has 16 heavy (non-hydrogen) atoms. The fourth-order valence-corrected chi connectivity index (χ4v) is 1.80. The molecule has 0 aliphatic rings. The highest BCUT2D eigenvalue weighted by molar-refractivity contribution is 7.84. The largest absolute Gasteiger partial charge is 0.508 e. The number of phenols is 1. The number of hydrogen-bond donors (Lipinski definition) is 2. The van der Waals surface area contributed by atoms with Gasteiger partial charge in [0.25, 0.3) is 0 Å². The zero-order valence-corrected chi connectivity index (χ0v) is 10.2. The van der Waals surface area contributed by atoms with E-state index in [9.17, 15) is 8.60 Å². The molecule has 2 unspecified atom stereocenters. The van der Waals surface area contributed by atoms with Crippen LogP contribution in [0.15, 0.2) is 18.2 Å². The van der Waals surface area contributed by atoms with E-state index in [0.29, 0.717) is 17.9 Å². The lowest BCUT2D eigenvalue weighted by Crippen LogP contribution is -2.24. The van der Waals surface area contributed by atoms with Crippen LogP contribution in [0.2, 0.25) is 0 Å². The third-order valence-corrected chi connectivity index (χ3v) is 3.07. The molecule has 1 rings (SSSR count). The van der Waals surface area contributed by atoms with Crippen LogP contribution in [0.25, 0.3) is 0 Å². The van der Waals surface area contributed by atoms with E-state index >= 15 is 0 Å². The number of rotatable bonds is 5. The Kier molecular flexibility index (Phi) is 4.89. The van der Waals surface area contributed by atoms with Gasteiger partial charge < -0.3 is 10.4 Å². The molecular formula is C11H16FNO2S. The van der Waals surface area contributed by atoms with E-state index < -0.39 is 16.6 Å². The first kappa shape index (κ1) is 13.1. The Hall–Kier alpha value is -0.940. The van der Waals surface area contributed by atoms with Gasteiger partial charge in [-0.2, -0.15) is 0 Å². The lowest BCUT2D eigenvalue weighted by molar-refractivity contribution is 0.464. The van der Waals surface area contributed by atoms with E-state index in [0.717, 1.165) is 6.07 Å². The predicted molar refractivity (Wildman–Crippen MR) is 63.4 cm³/mol. The summed E-state index contributed by atoms with van der Waals surface area (Å²) in [5.41, 5.74) is 0.500. The van der Waals surface area contributed by atoms with Crippen molar-refractivity contribution in [3.05, 3.63) is 29.6 Å². The molecular weight excluding hydrogens is 229 g/mol. The predicted octanol–water partition coefficient (Wildman–Crippen LogP) is 1.56. The number of nitrogens with one attached hydrogen (secondary N) is 1. The SMILES string of the molecule is CC(NCCS(C)=O)c1ccc(O)cc1F. The molecule has 0 aromatic heterocycles. The molecule has 3 nitrogen and oxygen atoms in total. The third kappa shape index (κ3) is 3.90. The van der Waals surface area contributed by atoms with Crippen molar-refractivity contribution in [1.82, 2.24) is 5.32 Å². The average molecular weight is 245 g/mol. The van der Waals surface area contributed by atoms with Crippen molar-refractivity contribution in [3.63, 3.8) is 0 Å². The number of benzene rings is 1. The summed E-state index contributed by atoms with van der Waals surface area (Å²) in [5.74, 6) is 0.0325. The zero-order chi connectivity index (χ0) is 12.1. The normalized spacial score (nSPS) is 14.7. The van der Waals surface area contributed by atoms with Crippen molar-refractivity contribution in [2.45, 2.75) is 13.0 Å². The minimum Gasteiger partial charge on any atom is -0.508 e. The Morgan fingerprint density at radius 3 is 2.81 bits per heavy atom. The standard InChI is InChI=1S/C11H16FNO2S/c1-8(13-5-6-16(2)15)10-4-3-9(14)7-11(10)12/h3-4,7-8,13-14H,5-6H2,1-2H3. The van der Waals surface area contributed by atoms with E-state index in [-0.39, 0.29) is 11.8 Å². The molecule has 0 amide bonds. The van der Waals surface area contributed by atoms with Gasteiger partial charge in [0, 0.05) is 47.0 Å². The smallest absolute Gasteiger partial charge is 0.131 e. The van der Waals surface area contributed by atoms with Crippen LogP contribution in [0.4, 0.5) is 4.39 Å². The Bertz CT molecular complexity index is 384. The van der Waals surface area contributed by atoms with Gasteiger partial charge in [0.2, 0.25) is 0 Å². The van der Waals surface area contributed by atoms with Crippen molar-refractivity contribution in [1.29, 1.82) is 0 Å². The molecule has 1 aromatic rings. The maximum Gasteiger partial charge on any atom is 0.131 e. The van der Waals surface area contributed by atoms with Crippen LogP contribution in [-0.2, 0) is 10.8 Å². The number of phenolic OH excluding ortho intramolecular Hbond substituents is 1. The van der Waals surface area contributed by atoms with E-state index in [1.54, 1.807) is 12.3 Å². The quantitative estimate of drug-likeness (QED) is 0.827. The topological polar surface area (TPSA) is 49.3 Å². The molecule has 0 aliphatic carbocycles. The van der Waals surface area contributed by atoms with E-state index in [1.165, 1.54) is 6.07 Å². The highest BCUT2D eigenvalue weighted by Gasteiger charge is 2.10. The van der Waals surface area contributed by atoms with Crippen molar-refractivity contribution in [2.75, 3.05) is 18.6 Å². The number of aromatic hydroxyl groups is 1. The summed E-state index contributed by atoms with van der Waals surface area (Å²) in [4.78, 5) is 0. The van der Waals surface area contributed by atoms with Gasteiger partial charge in [-0.1, -0.05) is 6.07 Å². The second-order valence-electron chi connectivity index (χ2n) is 3.66. The van der Waals surface area contributed by atoms with Crippen LogP contribution < -0.4 is 5.32 Å². The van der Waals surface area contributed by atoms with Crippen molar-refractivity contribution in [3.8, 4) is 5.75 Å². The van der Waals surface area contributed by atoms with Crippen molar-refractivity contribution in [2.24, 2.45) is 0 Å². The molecule has 1 aromatic carbocycles. The summed E-state index contributed by atoms with van der Waals surface area (Å²) in [7, 11) is -0.844. The molecule has 2 N–H and O–H groups in total. The van der Waals surface area contributed by atoms with Crippen LogP contribution in [0.5, 0.6) is 5.75 Å². The maximum atomic E-state index is 13.4. The molecule has 0 aliphatic heterocycles. The van der Waals surface area contributed by atoms with Crippen LogP contribution in [0, 0.1) is 5.82 Å². The molecule has 0 saturated heterocycles. The van der Waals surface area contributed by atoms with Gasteiger partial charge in [-0.3, -0.25) is 4.21 Å². The second kappa shape index (κ2) is 5.96. The molecule has 0 saturated carbocycles. The highest BCUT2D eigenvalue weighted by atomic mass is 32.2. The number of hydrogen-bond acceptors (Lipinski definition) is 3. The molecule has 2 atom stereocenters. The zero-order valence-electron chi connectivity index (χ0n) is 9.37. The van der Waals surface area contributed by atoms with Crippen LogP contribution >= 0.6 is 0 Å². The van der Waals surface area contributed by atoms with E-state index in [1.807, 2.05) is 6.92 Å². The summed E-state index contributed by atoms with van der Waals surface area (Å²) in [6.07, 6.45) is 1.63. The van der Waals surface area contributed by atoms with Crippen LogP contribution in [0.1, 0.15) is 18.5 Å². The van der Waals surface area contributed by atoms with Crippen molar-refractivity contribution < 1.29 is 13.7 Å².